The standard InChI is InChI=1S/C28H33ClF3NO4/c1-6-10-11-20(5)19-37-27(35)33(8-3)18-22(12-13-28(30,31)32)25(7-2)23-14-21(15-24(29)17-23)16-26(34)36-9-4/h6-7,10-12,14-15,17H,1,5,8-9,13,16,18-19H2,2-4H3/b11-10-,22-12-,25-7+. The van der Waals surface area contributed by atoms with Gasteiger partial charge in [0, 0.05) is 18.1 Å². The van der Waals surface area contributed by atoms with E-state index in [4.69, 9.17) is 21.1 Å². The van der Waals surface area contributed by atoms with Gasteiger partial charge in [0.1, 0.15) is 6.61 Å². The average Bonchev–Trinajstić information content (AvgIpc) is 2.82. The Morgan fingerprint density at radius 3 is 2.43 bits per heavy atom. The van der Waals surface area contributed by atoms with Crippen LogP contribution in [-0.2, 0) is 20.7 Å². The second-order valence-corrected chi connectivity index (χ2v) is 8.34. The van der Waals surface area contributed by atoms with E-state index in [1.54, 1.807) is 63.3 Å². The second kappa shape index (κ2) is 15.8. The van der Waals surface area contributed by atoms with Crippen molar-refractivity contribution in [2.75, 3.05) is 26.3 Å². The third-order valence-electron chi connectivity index (χ3n) is 4.99. The highest BCUT2D eigenvalue weighted by molar-refractivity contribution is 6.30. The van der Waals surface area contributed by atoms with E-state index in [2.05, 4.69) is 13.2 Å². The molecule has 0 bridgehead atoms. The van der Waals surface area contributed by atoms with Crippen LogP contribution in [0.15, 0.2) is 72.9 Å². The quantitative estimate of drug-likeness (QED) is 0.192. The van der Waals surface area contributed by atoms with E-state index in [1.807, 2.05) is 0 Å². The number of hydrogen-bond donors (Lipinski definition) is 0. The molecule has 0 saturated carbocycles. The van der Waals surface area contributed by atoms with Gasteiger partial charge in [0.25, 0.3) is 0 Å². The molecule has 0 atom stereocenters. The van der Waals surface area contributed by atoms with Crippen molar-refractivity contribution in [1.29, 1.82) is 0 Å². The molecule has 37 heavy (non-hydrogen) atoms. The molecule has 0 radical (unpaired) electrons. The number of hydrogen-bond acceptors (Lipinski definition) is 4. The van der Waals surface area contributed by atoms with Gasteiger partial charge in [-0.2, -0.15) is 13.2 Å². The van der Waals surface area contributed by atoms with Gasteiger partial charge in [-0.05, 0) is 60.8 Å². The number of amides is 1. The molecule has 0 aliphatic rings. The minimum absolute atomic E-state index is 0.0441. The van der Waals surface area contributed by atoms with Crippen molar-refractivity contribution in [2.24, 2.45) is 0 Å². The van der Waals surface area contributed by atoms with E-state index in [0.717, 1.165) is 6.08 Å². The maximum Gasteiger partial charge on any atom is 0.410 e. The summed E-state index contributed by atoms with van der Waals surface area (Å²) in [7, 11) is 0. The van der Waals surface area contributed by atoms with Crippen LogP contribution in [0, 0.1) is 0 Å². The SMILES string of the molecule is C=C/C=C\C(=C)COC(=O)N(CC)CC(=C/CC(F)(F)F)/C(=C\C)c1cc(Cl)cc(CC(=O)OCC)c1. The number of benzene rings is 1. The first-order valence-corrected chi connectivity index (χ1v) is 12.1. The molecular weight excluding hydrogens is 507 g/mol. The Kier molecular flexibility index (Phi) is 13.5. The average molecular weight is 540 g/mol. The first kappa shape index (κ1) is 31.8. The van der Waals surface area contributed by atoms with Crippen LogP contribution in [0.1, 0.15) is 38.3 Å². The van der Waals surface area contributed by atoms with Crippen molar-refractivity contribution in [2.45, 2.75) is 39.8 Å². The van der Waals surface area contributed by atoms with E-state index in [-0.39, 0.29) is 38.3 Å². The van der Waals surface area contributed by atoms with Crippen molar-refractivity contribution in [3.63, 3.8) is 0 Å². The third-order valence-corrected chi connectivity index (χ3v) is 5.21. The van der Waals surface area contributed by atoms with Crippen LogP contribution < -0.4 is 0 Å². The zero-order valence-corrected chi connectivity index (χ0v) is 22.1. The fourth-order valence-electron chi connectivity index (χ4n) is 3.33. The number of likely N-dealkylation sites (N-methyl/N-ethyl adjacent to an activating group) is 1. The molecule has 202 valence electrons. The van der Waals surface area contributed by atoms with Crippen LogP contribution in [0.4, 0.5) is 18.0 Å². The molecule has 9 heteroatoms. The predicted molar refractivity (Wildman–Crippen MR) is 141 cm³/mol. The second-order valence-electron chi connectivity index (χ2n) is 7.90. The number of ether oxygens (including phenoxy) is 2. The molecule has 0 aliphatic carbocycles. The van der Waals surface area contributed by atoms with Gasteiger partial charge >= 0.3 is 18.2 Å². The Labute approximate surface area is 221 Å². The first-order valence-electron chi connectivity index (χ1n) is 11.7. The number of rotatable bonds is 13. The molecule has 0 heterocycles. The van der Waals surface area contributed by atoms with Crippen molar-refractivity contribution in [3.05, 3.63) is 89.0 Å². The lowest BCUT2D eigenvalue weighted by Crippen LogP contribution is -2.34. The molecule has 5 nitrogen and oxygen atoms in total. The lowest BCUT2D eigenvalue weighted by molar-refractivity contribution is -0.142. The molecule has 0 aliphatic heterocycles. The van der Waals surface area contributed by atoms with Crippen LogP contribution >= 0.6 is 11.6 Å². The summed E-state index contributed by atoms with van der Waals surface area (Å²) in [6, 6.07) is 4.86. The normalized spacial score (nSPS) is 12.4. The summed E-state index contributed by atoms with van der Waals surface area (Å²) < 4.78 is 49.7. The summed E-state index contributed by atoms with van der Waals surface area (Å²) in [6.07, 6.45) is 1.14. The smallest absolute Gasteiger partial charge is 0.410 e. The first-order chi connectivity index (χ1) is 17.4. The van der Waals surface area contributed by atoms with Gasteiger partial charge in [0.15, 0.2) is 0 Å². The molecule has 0 unspecified atom stereocenters. The van der Waals surface area contributed by atoms with Crippen LogP contribution in [0.3, 0.4) is 0 Å². The highest BCUT2D eigenvalue weighted by Crippen LogP contribution is 2.30. The van der Waals surface area contributed by atoms with Crippen molar-refractivity contribution >= 4 is 29.2 Å². The molecule has 0 N–H and O–H groups in total. The summed E-state index contributed by atoms with van der Waals surface area (Å²) in [6.45, 7) is 12.6. The van der Waals surface area contributed by atoms with Crippen LogP contribution in [0.5, 0.6) is 0 Å². The number of allylic oxidation sites excluding steroid dienone is 4. The van der Waals surface area contributed by atoms with Crippen molar-refractivity contribution < 1.29 is 32.2 Å². The summed E-state index contributed by atoms with van der Waals surface area (Å²) in [4.78, 5) is 26.0. The van der Waals surface area contributed by atoms with Crippen LogP contribution in [0.2, 0.25) is 5.02 Å². The molecule has 0 fully saturated rings. The maximum atomic E-state index is 13.2. The number of nitrogens with zero attached hydrogens (tertiary/aromatic N) is 1. The Morgan fingerprint density at radius 1 is 1.16 bits per heavy atom. The Bertz CT molecular complexity index is 1060. The number of alkyl halides is 3. The minimum atomic E-state index is -4.44. The lowest BCUT2D eigenvalue weighted by atomic mass is 9.94. The van der Waals surface area contributed by atoms with Gasteiger partial charge in [0.2, 0.25) is 0 Å². The highest BCUT2D eigenvalue weighted by atomic mass is 35.5. The fourth-order valence-corrected chi connectivity index (χ4v) is 3.59. The van der Waals surface area contributed by atoms with E-state index < -0.39 is 24.7 Å². The number of halogens is 4. The molecule has 1 amide bonds. The van der Waals surface area contributed by atoms with E-state index in [1.165, 1.54) is 4.90 Å². The van der Waals surface area contributed by atoms with Gasteiger partial charge in [-0.3, -0.25) is 4.79 Å². The zero-order chi connectivity index (χ0) is 28.0. The Morgan fingerprint density at radius 2 is 1.86 bits per heavy atom. The Balaban J connectivity index is 3.31. The summed E-state index contributed by atoms with van der Waals surface area (Å²) in [5.41, 5.74) is 2.29. The molecule has 0 saturated heterocycles. The van der Waals surface area contributed by atoms with Gasteiger partial charge in [-0.15, -0.1) is 0 Å². The van der Waals surface area contributed by atoms with Gasteiger partial charge in [0.05, 0.1) is 19.4 Å². The van der Waals surface area contributed by atoms with E-state index in [9.17, 15) is 22.8 Å². The van der Waals surface area contributed by atoms with Crippen LogP contribution in [0.25, 0.3) is 5.57 Å². The topological polar surface area (TPSA) is 55.8 Å². The lowest BCUT2D eigenvalue weighted by Gasteiger charge is -2.24. The van der Waals surface area contributed by atoms with Crippen molar-refractivity contribution in [1.82, 2.24) is 4.90 Å². The van der Waals surface area contributed by atoms with E-state index >= 15 is 0 Å². The molecule has 1 aromatic rings. The minimum Gasteiger partial charge on any atom is -0.466 e. The van der Waals surface area contributed by atoms with Gasteiger partial charge in [-0.25, -0.2) is 4.79 Å². The molecular formula is C28H33ClF3NO4. The molecule has 1 aromatic carbocycles. The predicted octanol–water partition coefficient (Wildman–Crippen LogP) is 7.48. The molecule has 0 spiro atoms. The van der Waals surface area contributed by atoms with Crippen LogP contribution in [-0.4, -0.2) is 49.4 Å². The number of carbonyl (C=O) groups is 2. The van der Waals surface area contributed by atoms with E-state index in [0.29, 0.717) is 27.3 Å². The highest BCUT2D eigenvalue weighted by Gasteiger charge is 2.27. The third kappa shape index (κ3) is 12.0. The number of esters is 1. The molecule has 1 rings (SSSR count). The van der Waals surface area contributed by atoms with Crippen molar-refractivity contribution in [3.8, 4) is 0 Å². The summed E-state index contributed by atoms with van der Waals surface area (Å²) in [5.74, 6) is -0.449. The number of carbonyl (C=O) groups excluding carboxylic acids is 2. The van der Waals surface area contributed by atoms with Gasteiger partial charge in [-0.1, -0.05) is 61.2 Å². The van der Waals surface area contributed by atoms with Gasteiger partial charge < -0.3 is 14.4 Å². The summed E-state index contributed by atoms with van der Waals surface area (Å²) in [5, 5.41) is 0.309. The Hall–Kier alpha value is -3.26. The fraction of sp³-hybridized carbons (Fsp3) is 0.357. The zero-order valence-electron chi connectivity index (χ0n) is 21.4. The maximum absolute atomic E-state index is 13.2. The molecule has 0 aromatic heterocycles. The monoisotopic (exact) mass is 539 g/mol. The largest absolute Gasteiger partial charge is 0.466 e. The summed E-state index contributed by atoms with van der Waals surface area (Å²) >= 11 is 6.27.